The molecule has 0 bridgehead atoms. The molecule has 2 unspecified atom stereocenters. The van der Waals surface area contributed by atoms with Crippen molar-refractivity contribution in [1.82, 2.24) is 4.90 Å². The molecular weight excluding hydrogens is 225 g/mol. The van der Waals surface area contributed by atoms with E-state index in [1.54, 1.807) is 27.7 Å². The van der Waals surface area contributed by atoms with Crippen molar-refractivity contribution in [1.29, 1.82) is 0 Å². The van der Waals surface area contributed by atoms with Crippen LogP contribution in [0.4, 0.5) is 4.39 Å². The summed E-state index contributed by atoms with van der Waals surface area (Å²) in [6.45, 7) is 7.19. The number of aliphatic hydroxyl groups excluding tert-OH is 1. The lowest BCUT2D eigenvalue weighted by atomic mass is 10.1. The highest BCUT2D eigenvalue weighted by molar-refractivity contribution is 5.84. The second-order valence-corrected chi connectivity index (χ2v) is 5.42. The topological polar surface area (TPSA) is 49.8 Å². The number of ether oxygens (including phenoxy) is 1. The largest absolute Gasteiger partial charge is 0.356 e. The zero-order valence-electron chi connectivity index (χ0n) is 10.9. The molecule has 1 saturated heterocycles. The molecule has 1 rings (SSSR count). The third kappa shape index (κ3) is 4.01. The number of hydrogen-bond donors (Lipinski definition) is 1. The molecule has 0 amide bonds. The molecule has 5 heteroatoms. The molecular formula is C12H22FNO3. The molecule has 0 radical (unpaired) electrons. The molecule has 3 atom stereocenters. The molecule has 0 aromatic rings. The maximum Gasteiger partial charge on any atom is 0.217 e. The Morgan fingerprint density at radius 2 is 2.18 bits per heavy atom. The Morgan fingerprint density at radius 3 is 2.65 bits per heavy atom. The Bertz CT molecular complexity index is 277. The Morgan fingerprint density at radius 1 is 1.59 bits per heavy atom. The van der Waals surface area contributed by atoms with Gasteiger partial charge in [0.05, 0.1) is 11.6 Å². The monoisotopic (exact) mass is 247 g/mol. The molecule has 0 spiro atoms. The highest BCUT2D eigenvalue weighted by Gasteiger charge is 2.40. The summed E-state index contributed by atoms with van der Waals surface area (Å²) in [6.07, 6.45) is -1.81. The first-order chi connectivity index (χ1) is 7.74. The van der Waals surface area contributed by atoms with E-state index in [-0.39, 0.29) is 18.7 Å². The van der Waals surface area contributed by atoms with Crippen molar-refractivity contribution in [3.05, 3.63) is 0 Å². The summed E-state index contributed by atoms with van der Waals surface area (Å²) in [5.41, 5.74) is -0.534. The number of Topliss-reactive ketones (excluding diaryl/α,β-unsaturated/α-hetero) is 1. The van der Waals surface area contributed by atoms with Gasteiger partial charge in [-0.25, -0.2) is 9.29 Å². The number of rotatable bonds is 4. The molecule has 1 heterocycles. The smallest absolute Gasteiger partial charge is 0.217 e. The fourth-order valence-corrected chi connectivity index (χ4v) is 1.99. The molecule has 100 valence electrons. The van der Waals surface area contributed by atoms with Crippen molar-refractivity contribution in [2.24, 2.45) is 0 Å². The van der Waals surface area contributed by atoms with Gasteiger partial charge in [-0.15, -0.1) is 0 Å². The molecule has 1 aliphatic rings. The molecule has 0 aliphatic carbocycles. The Hall–Kier alpha value is -0.520. The van der Waals surface area contributed by atoms with Crippen LogP contribution in [0.5, 0.6) is 0 Å². The molecule has 1 aliphatic heterocycles. The number of hydrogen-bond acceptors (Lipinski definition) is 4. The molecule has 0 aromatic heterocycles. The van der Waals surface area contributed by atoms with Crippen LogP contribution in [0, 0.1) is 0 Å². The van der Waals surface area contributed by atoms with Crippen molar-refractivity contribution < 1.29 is 19.0 Å². The SMILES string of the molecule is CCC(=O)C1C[C@H](F)CN1C(O)OC(C)(C)C. The highest BCUT2D eigenvalue weighted by atomic mass is 19.1. The minimum absolute atomic E-state index is 0.0493. The van der Waals surface area contributed by atoms with Gasteiger partial charge in [0.2, 0.25) is 6.41 Å². The Kier molecular flexibility index (Phi) is 4.63. The fourth-order valence-electron chi connectivity index (χ4n) is 1.99. The predicted octanol–water partition coefficient (Wildman–Crippen LogP) is 1.47. The molecule has 17 heavy (non-hydrogen) atoms. The standard InChI is InChI=1S/C12H22FNO3/c1-5-10(15)9-6-8(13)7-14(9)11(16)17-12(2,3)4/h8-9,11,16H,5-7H2,1-4H3/t8-,9?,11?/m0/s1. The zero-order chi connectivity index (χ0) is 13.2. The first-order valence-electron chi connectivity index (χ1n) is 6.03. The maximum absolute atomic E-state index is 13.4. The van der Waals surface area contributed by atoms with E-state index < -0.39 is 24.2 Å². The molecule has 0 saturated carbocycles. The number of carbonyl (C=O) groups excluding carboxylic acids is 1. The quantitative estimate of drug-likeness (QED) is 0.764. The third-order valence-corrected chi connectivity index (χ3v) is 2.75. The molecule has 0 aromatic carbocycles. The lowest BCUT2D eigenvalue weighted by Crippen LogP contribution is -2.47. The van der Waals surface area contributed by atoms with Crippen molar-refractivity contribution in [3.63, 3.8) is 0 Å². The van der Waals surface area contributed by atoms with E-state index in [9.17, 15) is 14.3 Å². The predicted molar refractivity (Wildman–Crippen MR) is 62.1 cm³/mol. The van der Waals surface area contributed by atoms with E-state index >= 15 is 0 Å². The van der Waals surface area contributed by atoms with Crippen molar-refractivity contribution >= 4 is 5.78 Å². The van der Waals surface area contributed by atoms with E-state index in [1.165, 1.54) is 4.90 Å². The zero-order valence-corrected chi connectivity index (χ0v) is 10.9. The number of carbonyl (C=O) groups is 1. The second kappa shape index (κ2) is 5.42. The third-order valence-electron chi connectivity index (χ3n) is 2.75. The van der Waals surface area contributed by atoms with Crippen LogP contribution in [-0.4, -0.2) is 46.6 Å². The van der Waals surface area contributed by atoms with Gasteiger partial charge in [-0.2, -0.15) is 0 Å². The van der Waals surface area contributed by atoms with Crippen molar-refractivity contribution in [2.45, 2.75) is 64.8 Å². The van der Waals surface area contributed by atoms with Crippen LogP contribution in [0.25, 0.3) is 0 Å². The van der Waals surface area contributed by atoms with E-state index in [0.717, 1.165) is 0 Å². The van der Waals surface area contributed by atoms with Gasteiger partial charge >= 0.3 is 0 Å². The van der Waals surface area contributed by atoms with Gasteiger partial charge in [0.15, 0.2) is 0 Å². The van der Waals surface area contributed by atoms with Gasteiger partial charge in [0, 0.05) is 19.4 Å². The van der Waals surface area contributed by atoms with Crippen LogP contribution >= 0.6 is 0 Å². The normalized spacial score (nSPS) is 28.4. The van der Waals surface area contributed by atoms with E-state index in [1.807, 2.05) is 0 Å². The van der Waals surface area contributed by atoms with Crippen LogP contribution in [0.15, 0.2) is 0 Å². The average molecular weight is 247 g/mol. The fraction of sp³-hybridized carbons (Fsp3) is 0.917. The van der Waals surface area contributed by atoms with Gasteiger partial charge in [-0.3, -0.25) is 4.79 Å². The number of nitrogens with zero attached hydrogens (tertiary/aromatic N) is 1. The maximum atomic E-state index is 13.4. The lowest BCUT2D eigenvalue weighted by molar-refractivity contribution is -0.241. The number of alkyl halides is 1. The van der Waals surface area contributed by atoms with Gasteiger partial charge in [-0.1, -0.05) is 6.92 Å². The number of halogens is 1. The molecule has 4 nitrogen and oxygen atoms in total. The number of ketones is 1. The summed E-state index contributed by atoms with van der Waals surface area (Å²) >= 11 is 0. The molecule has 1 N–H and O–H groups in total. The summed E-state index contributed by atoms with van der Waals surface area (Å²) in [7, 11) is 0. The number of aliphatic hydroxyl groups is 1. The summed E-state index contributed by atoms with van der Waals surface area (Å²) in [6, 6.07) is -0.563. The van der Waals surface area contributed by atoms with E-state index in [2.05, 4.69) is 0 Å². The Balaban J connectivity index is 2.70. The van der Waals surface area contributed by atoms with Crippen LogP contribution in [0.1, 0.15) is 40.5 Å². The van der Waals surface area contributed by atoms with Gasteiger partial charge < -0.3 is 9.84 Å². The van der Waals surface area contributed by atoms with Crippen molar-refractivity contribution in [3.8, 4) is 0 Å². The minimum Gasteiger partial charge on any atom is -0.356 e. The van der Waals surface area contributed by atoms with E-state index in [0.29, 0.717) is 6.42 Å². The molecule has 1 fully saturated rings. The average Bonchev–Trinajstić information content (AvgIpc) is 2.56. The van der Waals surface area contributed by atoms with Gasteiger partial charge in [0.25, 0.3) is 0 Å². The van der Waals surface area contributed by atoms with Crippen LogP contribution < -0.4 is 0 Å². The minimum atomic E-state index is -1.23. The van der Waals surface area contributed by atoms with Crippen LogP contribution in [0.2, 0.25) is 0 Å². The summed E-state index contributed by atoms with van der Waals surface area (Å²) in [5.74, 6) is -0.0540. The van der Waals surface area contributed by atoms with Crippen LogP contribution in [0.3, 0.4) is 0 Å². The number of likely N-dealkylation sites (tertiary alicyclic amines) is 1. The first kappa shape index (κ1) is 14.5. The van der Waals surface area contributed by atoms with Gasteiger partial charge in [-0.05, 0) is 20.8 Å². The summed E-state index contributed by atoms with van der Waals surface area (Å²) < 4.78 is 18.7. The van der Waals surface area contributed by atoms with E-state index in [4.69, 9.17) is 4.74 Å². The first-order valence-corrected chi connectivity index (χ1v) is 6.03. The highest BCUT2D eigenvalue weighted by Crippen LogP contribution is 2.25. The second-order valence-electron chi connectivity index (χ2n) is 5.42. The summed E-state index contributed by atoms with van der Waals surface area (Å²) in [4.78, 5) is 13.1. The van der Waals surface area contributed by atoms with Crippen LogP contribution in [-0.2, 0) is 9.53 Å². The van der Waals surface area contributed by atoms with Crippen molar-refractivity contribution in [2.75, 3.05) is 6.54 Å². The Labute approximate surface area is 102 Å². The summed E-state index contributed by atoms with van der Waals surface area (Å²) in [5, 5.41) is 9.90. The van der Waals surface area contributed by atoms with Gasteiger partial charge in [0.1, 0.15) is 12.0 Å². The lowest BCUT2D eigenvalue weighted by Gasteiger charge is -2.32.